The molecule has 0 aromatic heterocycles. The topological polar surface area (TPSA) is 106 Å². The molecule has 2 aromatic rings. The molecule has 0 unspecified atom stereocenters. The molecule has 0 fully saturated rings. The van der Waals surface area contributed by atoms with Crippen molar-refractivity contribution in [3.05, 3.63) is 59.7 Å². The summed E-state index contributed by atoms with van der Waals surface area (Å²) in [5.41, 5.74) is 4.83. The van der Waals surface area contributed by atoms with Crippen molar-refractivity contribution in [2.24, 2.45) is 5.10 Å². The summed E-state index contributed by atoms with van der Waals surface area (Å²) in [5.74, 6) is -0.555. The molecule has 0 saturated heterocycles. The lowest BCUT2D eigenvalue weighted by Gasteiger charge is -2.07. The molecule has 0 saturated carbocycles. The molecule has 2 rings (SSSR count). The highest BCUT2D eigenvalue weighted by Gasteiger charge is 2.09. The lowest BCUT2D eigenvalue weighted by molar-refractivity contribution is -0.123. The molecule has 0 radical (unpaired) electrons. The minimum absolute atomic E-state index is 0.00126. The van der Waals surface area contributed by atoms with E-state index in [2.05, 4.69) is 15.8 Å². The van der Waals surface area contributed by atoms with Crippen LogP contribution in [0.5, 0.6) is 5.75 Å². The summed E-state index contributed by atoms with van der Waals surface area (Å²) in [7, 11) is 0. The van der Waals surface area contributed by atoms with E-state index in [0.717, 1.165) is 5.56 Å². The van der Waals surface area contributed by atoms with Crippen molar-refractivity contribution in [1.29, 1.82) is 0 Å². The van der Waals surface area contributed by atoms with Crippen LogP contribution in [-0.2, 0) is 14.3 Å². The van der Waals surface area contributed by atoms with Crippen molar-refractivity contribution in [3.8, 4) is 5.75 Å². The number of rotatable bonds is 9. The fourth-order valence-corrected chi connectivity index (χ4v) is 2.35. The first-order valence-corrected chi connectivity index (χ1v) is 9.46. The van der Waals surface area contributed by atoms with E-state index in [1.807, 2.05) is 19.1 Å². The second-order valence-electron chi connectivity index (χ2n) is 6.51. The van der Waals surface area contributed by atoms with Crippen molar-refractivity contribution < 1.29 is 23.9 Å². The molecular weight excluding hydrogens is 386 g/mol. The number of amides is 2. The minimum Gasteiger partial charge on any atom is -0.484 e. The summed E-state index contributed by atoms with van der Waals surface area (Å²) in [4.78, 5) is 35.5. The number of nitrogens with one attached hydrogen (secondary N) is 2. The van der Waals surface area contributed by atoms with Gasteiger partial charge in [0.1, 0.15) is 5.75 Å². The number of hydrogen-bond acceptors (Lipinski definition) is 6. The Labute approximate surface area is 175 Å². The van der Waals surface area contributed by atoms with Crippen molar-refractivity contribution in [2.45, 2.75) is 27.2 Å². The van der Waals surface area contributed by atoms with Crippen molar-refractivity contribution in [3.63, 3.8) is 0 Å². The van der Waals surface area contributed by atoms with Gasteiger partial charge in [0.2, 0.25) is 5.91 Å². The van der Waals surface area contributed by atoms with Gasteiger partial charge in [0.15, 0.2) is 6.61 Å². The molecule has 158 valence electrons. The van der Waals surface area contributed by atoms with Crippen molar-refractivity contribution in [1.82, 2.24) is 5.43 Å². The van der Waals surface area contributed by atoms with Crippen LogP contribution >= 0.6 is 0 Å². The number of nitrogens with zero attached hydrogens (tertiary/aromatic N) is 1. The summed E-state index contributed by atoms with van der Waals surface area (Å²) in [6, 6.07) is 13.7. The molecule has 8 nitrogen and oxygen atoms in total. The van der Waals surface area contributed by atoms with Gasteiger partial charge < -0.3 is 14.8 Å². The molecule has 0 aliphatic heterocycles. The Hall–Kier alpha value is -3.68. The van der Waals surface area contributed by atoms with E-state index in [1.54, 1.807) is 50.2 Å². The molecule has 0 atom stereocenters. The van der Waals surface area contributed by atoms with Crippen LogP contribution in [0, 0.1) is 6.92 Å². The first-order chi connectivity index (χ1) is 14.4. The van der Waals surface area contributed by atoms with Crippen molar-refractivity contribution >= 4 is 29.2 Å². The second-order valence-corrected chi connectivity index (χ2v) is 6.51. The lowest BCUT2D eigenvalue weighted by atomic mass is 10.2. The normalized spacial score (nSPS) is 10.8. The van der Waals surface area contributed by atoms with E-state index in [4.69, 9.17) is 9.47 Å². The fraction of sp³-hybridized carbons (Fsp3) is 0.273. The highest BCUT2D eigenvalue weighted by molar-refractivity contribution is 6.05. The lowest BCUT2D eigenvalue weighted by Crippen LogP contribution is -2.26. The third-order valence-corrected chi connectivity index (χ3v) is 3.86. The van der Waals surface area contributed by atoms with Gasteiger partial charge in [-0.3, -0.25) is 9.59 Å². The van der Waals surface area contributed by atoms with Crippen LogP contribution < -0.4 is 15.5 Å². The standard InChI is InChI=1S/C22H25N3O5/c1-4-29-22(28)17-7-9-18(10-8-17)23-20(26)13-16(3)24-25-21(27)14-30-19-11-5-15(2)6-12-19/h5-12H,4,13-14H2,1-3H3,(H,23,26)(H,25,27). The van der Waals surface area contributed by atoms with Crippen LogP contribution in [0.4, 0.5) is 5.69 Å². The SMILES string of the molecule is CCOC(=O)c1ccc(NC(=O)CC(C)=NNC(=O)COc2ccc(C)cc2)cc1. The summed E-state index contributed by atoms with van der Waals surface area (Å²) >= 11 is 0. The molecule has 30 heavy (non-hydrogen) atoms. The minimum atomic E-state index is -0.426. The average Bonchev–Trinajstić information content (AvgIpc) is 2.72. The van der Waals surface area contributed by atoms with Crippen LogP contribution in [0.25, 0.3) is 0 Å². The van der Waals surface area contributed by atoms with E-state index in [9.17, 15) is 14.4 Å². The van der Waals surface area contributed by atoms with Gasteiger partial charge in [0.05, 0.1) is 18.6 Å². The summed E-state index contributed by atoms with van der Waals surface area (Å²) in [5, 5.41) is 6.61. The molecule has 2 amide bonds. The number of aryl methyl sites for hydroxylation is 1. The van der Waals surface area contributed by atoms with Gasteiger partial charge in [0, 0.05) is 11.4 Å². The predicted molar refractivity (Wildman–Crippen MR) is 114 cm³/mol. The van der Waals surface area contributed by atoms with E-state index >= 15 is 0 Å². The van der Waals surface area contributed by atoms with E-state index in [-0.39, 0.29) is 18.9 Å². The van der Waals surface area contributed by atoms with Gasteiger partial charge in [-0.15, -0.1) is 0 Å². The fourth-order valence-electron chi connectivity index (χ4n) is 2.35. The maximum absolute atomic E-state index is 12.1. The van der Waals surface area contributed by atoms with Gasteiger partial charge in [-0.05, 0) is 57.2 Å². The van der Waals surface area contributed by atoms with E-state index < -0.39 is 11.9 Å². The molecule has 0 heterocycles. The first-order valence-electron chi connectivity index (χ1n) is 9.46. The van der Waals surface area contributed by atoms with Gasteiger partial charge in [-0.25, -0.2) is 10.2 Å². The number of hydrazone groups is 1. The number of carbonyl (C=O) groups excluding carboxylic acids is 3. The third-order valence-electron chi connectivity index (χ3n) is 3.86. The Morgan fingerprint density at radius 1 is 0.967 bits per heavy atom. The van der Waals surface area contributed by atoms with Crippen molar-refractivity contribution in [2.75, 3.05) is 18.5 Å². The molecule has 0 spiro atoms. The van der Waals surface area contributed by atoms with Gasteiger partial charge in [0.25, 0.3) is 5.91 Å². The number of hydrogen-bond donors (Lipinski definition) is 2. The number of ether oxygens (including phenoxy) is 2. The maximum Gasteiger partial charge on any atom is 0.338 e. The Bertz CT molecular complexity index is 905. The number of anilines is 1. The molecule has 0 bridgehead atoms. The Morgan fingerprint density at radius 2 is 1.63 bits per heavy atom. The Kier molecular flexibility index (Phi) is 8.56. The largest absolute Gasteiger partial charge is 0.484 e. The van der Waals surface area contributed by atoms with Gasteiger partial charge in [-0.1, -0.05) is 17.7 Å². The number of benzene rings is 2. The van der Waals surface area contributed by atoms with Crippen LogP contribution in [0.15, 0.2) is 53.6 Å². The van der Waals surface area contributed by atoms with Crippen LogP contribution in [0.1, 0.15) is 36.2 Å². The molecular formula is C22H25N3O5. The Balaban J connectivity index is 1.76. The summed E-state index contributed by atoms with van der Waals surface area (Å²) in [6.07, 6.45) is -0.00126. The van der Waals surface area contributed by atoms with Crippen LogP contribution in [0.3, 0.4) is 0 Å². The highest BCUT2D eigenvalue weighted by atomic mass is 16.5. The Morgan fingerprint density at radius 3 is 2.27 bits per heavy atom. The monoisotopic (exact) mass is 411 g/mol. The highest BCUT2D eigenvalue weighted by Crippen LogP contribution is 2.12. The van der Waals surface area contributed by atoms with Gasteiger partial charge >= 0.3 is 5.97 Å². The number of esters is 1. The zero-order chi connectivity index (χ0) is 21.9. The van der Waals surface area contributed by atoms with Crippen LogP contribution in [-0.4, -0.2) is 36.7 Å². The molecule has 2 N–H and O–H groups in total. The molecule has 0 aliphatic carbocycles. The summed E-state index contributed by atoms with van der Waals surface area (Å²) in [6.45, 7) is 5.44. The zero-order valence-corrected chi connectivity index (χ0v) is 17.2. The molecule has 0 aliphatic rings. The molecule has 2 aromatic carbocycles. The van der Waals surface area contributed by atoms with Crippen LogP contribution in [0.2, 0.25) is 0 Å². The number of carbonyl (C=O) groups is 3. The smallest absolute Gasteiger partial charge is 0.338 e. The van der Waals surface area contributed by atoms with E-state index in [1.165, 1.54) is 0 Å². The summed E-state index contributed by atoms with van der Waals surface area (Å²) < 4.78 is 10.3. The second kappa shape index (κ2) is 11.4. The third kappa shape index (κ3) is 7.75. The quantitative estimate of drug-likeness (QED) is 0.375. The van der Waals surface area contributed by atoms with Gasteiger partial charge in [-0.2, -0.15) is 5.10 Å². The average molecular weight is 411 g/mol. The van der Waals surface area contributed by atoms with E-state index in [0.29, 0.717) is 29.3 Å². The maximum atomic E-state index is 12.1. The first kappa shape index (κ1) is 22.6. The predicted octanol–water partition coefficient (Wildman–Crippen LogP) is 3.07. The zero-order valence-electron chi connectivity index (χ0n) is 17.2. The molecule has 8 heteroatoms.